The highest BCUT2D eigenvalue weighted by atomic mass is 14.8. The van der Waals surface area contributed by atoms with Crippen LogP contribution in [0.15, 0.2) is 12.4 Å². The van der Waals surface area contributed by atoms with Gasteiger partial charge in [0, 0.05) is 18.3 Å². The minimum absolute atomic E-state index is 0.586. The minimum Gasteiger partial charge on any atom is -0.258 e. The SMILES string of the molecule is CC1CCc2nccnc2C1C. The lowest BCUT2D eigenvalue weighted by molar-refractivity contribution is 0.411. The quantitative estimate of drug-likeness (QED) is 0.584. The van der Waals surface area contributed by atoms with Gasteiger partial charge in [0.2, 0.25) is 0 Å². The van der Waals surface area contributed by atoms with Gasteiger partial charge in [-0.05, 0) is 18.8 Å². The van der Waals surface area contributed by atoms with E-state index in [0.717, 1.165) is 12.3 Å². The Labute approximate surface area is 73.1 Å². The van der Waals surface area contributed by atoms with Gasteiger partial charge in [-0.1, -0.05) is 13.8 Å². The third-order valence-corrected chi connectivity index (χ3v) is 2.93. The van der Waals surface area contributed by atoms with Gasteiger partial charge < -0.3 is 0 Å². The van der Waals surface area contributed by atoms with Crippen molar-refractivity contribution < 1.29 is 0 Å². The molecule has 1 aliphatic carbocycles. The highest BCUT2D eigenvalue weighted by Crippen LogP contribution is 2.32. The monoisotopic (exact) mass is 162 g/mol. The molecule has 64 valence electrons. The largest absolute Gasteiger partial charge is 0.258 e. The molecule has 0 aromatic carbocycles. The molecule has 0 saturated carbocycles. The van der Waals surface area contributed by atoms with Gasteiger partial charge in [-0.2, -0.15) is 0 Å². The van der Waals surface area contributed by atoms with Gasteiger partial charge in [0.15, 0.2) is 0 Å². The molecular formula is C10H14N2. The van der Waals surface area contributed by atoms with Gasteiger partial charge in [0.05, 0.1) is 11.4 Å². The van der Waals surface area contributed by atoms with Gasteiger partial charge in [-0.3, -0.25) is 9.97 Å². The highest BCUT2D eigenvalue weighted by molar-refractivity contribution is 5.19. The molecular weight excluding hydrogens is 148 g/mol. The van der Waals surface area contributed by atoms with Crippen molar-refractivity contribution in [2.24, 2.45) is 5.92 Å². The Morgan fingerprint density at radius 2 is 2.00 bits per heavy atom. The Kier molecular flexibility index (Phi) is 1.83. The molecule has 1 heterocycles. The predicted octanol–water partition coefficient (Wildman–Crippen LogP) is 2.16. The molecule has 2 nitrogen and oxygen atoms in total. The summed E-state index contributed by atoms with van der Waals surface area (Å²) in [5.74, 6) is 1.34. The molecule has 0 amide bonds. The van der Waals surface area contributed by atoms with E-state index in [1.165, 1.54) is 17.8 Å². The Bertz CT molecular complexity index is 283. The number of nitrogens with zero attached hydrogens (tertiary/aromatic N) is 2. The van der Waals surface area contributed by atoms with E-state index in [9.17, 15) is 0 Å². The van der Waals surface area contributed by atoms with Crippen LogP contribution in [-0.4, -0.2) is 9.97 Å². The first-order valence-electron chi connectivity index (χ1n) is 4.59. The molecule has 0 saturated heterocycles. The van der Waals surface area contributed by atoms with Gasteiger partial charge >= 0.3 is 0 Å². The van der Waals surface area contributed by atoms with E-state index in [1.807, 2.05) is 0 Å². The maximum atomic E-state index is 4.39. The van der Waals surface area contributed by atoms with E-state index in [1.54, 1.807) is 12.4 Å². The maximum Gasteiger partial charge on any atom is 0.0649 e. The third-order valence-electron chi connectivity index (χ3n) is 2.93. The third kappa shape index (κ3) is 1.11. The molecule has 2 heteroatoms. The summed E-state index contributed by atoms with van der Waals surface area (Å²) in [6, 6.07) is 0. The Morgan fingerprint density at radius 1 is 1.25 bits per heavy atom. The molecule has 2 rings (SSSR count). The fraction of sp³-hybridized carbons (Fsp3) is 0.600. The zero-order valence-corrected chi connectivity index (χ0v) is 7.62. The van der Waals surface area contributed by atoms with Crippen molar-refractivity contribution in [2.75, 3.05) is 0 Å². The lowest BCUT2D eigenvalue weighted by atomic mass is 9.82. The van der Waals surface area contributed by atoms with Crippen molar-refractivity contribution in [3.8, 4) is 0 Å². The highest BCUT2D eigenvalue weighted by Gasteiger charge is 2.24. The van der Waals surface area contributed by atoms with Crippen LogP contribution in [0.4, 0.5) is 0 Å². The van der Waals surface area contributed by atoms with E-state index in [2.05, 4.69) is 23.8 Å². The molecule has 0 radical (unpaired) electrons. The molecule has 1 aromatic heterocycles. The summed E-state index contributed by atoms with van der Waals surface area (Å²) >= 11 is 0. The van der Waals surface area contributed by atoms with E-state index in [-0.39, 0.29) is 0 Å². The van der Waals surface area contributed by atoms with Gasteiger partial charge in [-0.25, -0.2) is 0 Å². The second-order valence-corrected chi connectivity index (χ2v) is 3.69. The van der Waals surface area contributed by atoms with Crippen LogP contribution < -0.4 is 0 Å². The van der Waals surface area contributed by atoms with Gasteiger partial charge in [-0.15, -0.1) is 0 Å². The van der Waals surface area contributed by atoms with Crippen molar-refractivity contribution in [2.45, 2.75) is 32.6 Å². The van der Waals surface area contributed by atoms with Crippen molar-refractivity contribution in [1.82, 2.24) is 9.97 Å². The van der Waals surface area contributed by atoms with Crippen LogP contribution >= 0.6 is 0 Å². The Balaban J connectivity index is 2.42. The number of rotatable bonds is 0. The first kappa shape index (κ1) is 7.71. The van der Waals surface area contributed by atoms with Crippen LogP contribution in [0.1, 0.15) is 37.6 Å². The first-order chi connectivity index (χ1) is 5.79. The summed E-state index contributed by atoms with van der Waals surface area (Å²) in [5, 5.41) is 0. The van der Waals surface area contributed by atoms with Crippen LogP contribution in [0.2, 0.25) is 0 Å². The molecule has 0 spiro atoms. The molecule has 0 bridgehead atoms. The molecule has 0 fully saturated rings. The summed E-state index contributed by atoms with van der Waals surface area (Å²) in [6.45, 7) is 4.54. The zero-order chi connectivity index (χ0) is 8.55. The first-order valence-corrected chi connectivity index (χ1v) is 4.59. The molecule has 1 aromatic rings. The minimum atomic E-state index is 0.586. The normalized spacial score (nSPS) is 28.2. The van der Waals surface area contributed by atoms with Crippen molar-refractivity contribution in [3.05, 3.63) is 23.8 Å². The van der Waals surface area contributed by atoms with Crippen molar-refractivity contribution in [1.29, 1.82) is 0 Å². The number of hydrogen-bond acceptors (Lipinski definition) is 2. The van der Waals surface area contributed by atoms with Crippen LogP contribution in [-0.2, 0) is 6.42 Å². The summed E-state index contributed by atoms with van der Waals surface area (Å²) in [7, 11) is 0. The lowest BCUT2D eigenvalue weighted by Gasteiger charge is -2.26. The predicted molar refractivity (Wildman–Crippen MR) is 47.9 cm³/mol. The summed E-state index contributed by atoms with van der Waals surface area (Å²) in [4.78, 5) is 8.73. The maximum absolute atomic E-state index is 4.39. The van der Waals surface area contributed by atoms with Gasteiger partial charge in [0.1, 0.15) is 0 Å². The van der Waals surface area contributed by atoms with Crippen molar-refractivity contribution in [3.63, 3.8) is 0 Å². The Hall–Kier alpha value is -0.920. The standard InChI is InChI=1S/C10H14N2/c1-7-3-4-9-10(8(7)2)12-6-5-11-9/h5-8H,3-4H2,1-2H3. The molecule has 0 N–H and O–H groups in total. The van der Waals surface area contributed by atoms with E-state index in [0.29, 0.717) is 5.92 Å². The topological polar surface area (TPSA) is 25.8 Å². The number of aryl methyl sites for hydroxylation is 1. The number of aromatic nitrogens is 2. The smallest absolute Gasteiger partial charge is 0.0649 e. The summed E-state index contributed by atoms with van der Waals surface area (Å²) < 4.78 is 0. The molecule has 1 aliphatic rings. The second kappa shape index (κ2) is 2.85. The summed E-state index contributed by atoms with van der Waals surface area (Å²) in [5.41, 5.74) is 2.43. The molecule has 12 heavy (non-hydrogen) atoms. The summed E-state index contributed by atoms with van der Waals surface area (Å²) in [6.07, 6.45) is 5.95. The van der Waals surface area contributed by atoms with Crippen molar-refractivity contribution >= 4 is 0 Å². The molecule has 2 unspecified atom stereocenters. The van der Waals surface area contributed by atoms with Crippen LogP contribution in [0.5, 0.6) is 0 Å². The fourth-order valence-corrected chi connectivity index (χ4v) is 1.83. The number of fused-ring (bicyclic) bond motifs is 1. The average Bonchev–Trinajstić information content (AvgIpc) is 2.12. The van der Waals surface area contributed by atoms with E-state index >= 15 is 0 Å². The zero-order valence-electron chi connectivity index (χ0n) is 7.62. The van der Waals surface area contributed by atoms with Crippen LogP contribution in [0.3, 0.4) is 0 Å². The van der Waals surface area contributed by atoms with Gasteiger partial charge in [0.25, 0.3) is 0 Å². The Morgan fingerprint density at radius 3 is 2.83 bits per heavy atom. The fourth-order valence-electron chi connectivity index (χ4n) is 1.83. The van der Waals surface area contributed by atoms with Crippen LogP contribution in [0.25, 0.3) is 0 Å². The second-order valence-electron chi connectivity index (χ2n) is 3.69. The van der Waals surface area contributed by atoms with E-state index in [4.69, 9.17) is 0 Å². The average molecular weight is 162 g/mol. The lowest BCUT2D eigenvalue weighted by Crippen LogP contribution is -2.18. The molecule has 0 aliphatic heterocycles. The van der Waals surface area contributed by atoms with E-state index < -0.39 is 0 Å². The molecule has 2 atom stereocenters. The number of hydrogen-bond donors (Lipinski definition) is 0. The van der Waals surface area contributed by atoms with Crippen LogP contribution in [0, 0.1) is 5.92 Å².